The van der Waals surface area contributed by atoms with Crippen LogP contribution in [0.2, 0.25) is 0 Å². The van der Waals surface area contributed by atoms with Gasteiger partial charge in [0.25, 0.3) is 0 Å². The van der Waals surface area contributed by atoms with Crippen LogP contribution in [0, 0.1) is 0 Å². The van der Waals surface area contributed by atoms with Crippen LogP contribution >= 0.6 is 0 Å². The highest BCUT2D eigenvalue weighted by atomic mass is 16.5. The zero-order valence-electron chi connectivity index (χ0n) is 14.2. The molecule has 2 aromatic rings. The van der Waals surface area contributed by atoms with E-state index in [1.165, 1.54) is 0 Å². The monoisotopic (exact) mass is 316 g/mol. The van der Waals surface area contributed by atoms with E-state index in [9.17, 15) is 9.90 Å². The predicted molar refractivity (Wildman–Crippen MR) is 90.5 cm³/mol. The van der Waals surface area contributed by atoms with Crippen LogP contribution < -0.4 is 4.74 Å². The van der Waals surface area contributed by atoms with Gasteiger partial charge in [0.2, 0.25) is 0 Å². The average Bonchev–Trinajstić information content (AvgIpc) is 3.02. The Morgan fingerprint density at radius 1 is 1.30 bits per heavy atom. The molecule has 5 heteroatoms. The van der Waals surface area contributed by atoms with Crippen molar-refractivity contribution in [2.45, 2.75) is 32.3 Å². The molecule has 5 nitrogen and oxygen atoms in total. The van der Waals surface area contributed by atoms with E-state index in [1.54, 1.807) is 10.6 Å². The molecule has 1 aliphatic rings. The lowest BCUT2D eigenvalue weighted by molar-refractivity contribution is 0.0687. The van der Waals surface area contributed by atoms with Crippen molar-refractivity contribution in [1.82, 2.24) is 9.47 Å². The Kier molecular flexibility index (Phi) is 4.06. The molecule has 0 aliphatic carbocycles. The second kappa shape index (κ2) is 5.89. The fourth-order valence-electron chi connectivity index (χ4n) is 3.41. The molecule has 1 N–H and O–H groups in total. The molecule has 0 bridgehead atoms. The summed E-state index contributed by atoms with van der Waals surface area (Å²) in [6.07, 6.45) is 1.24. The number of likely N-dealkylation sites (tertiary alicyclic amines) is 1. The maximum Gasteiger partial charge on any atom is 0.352 e. The number of ether oxygens (including phenoxy) is 1. The van der Waals surface area contributed by atoms with Gasteiger partial charge in [0.05, 0.1) is 5.52 Å². The number of carbonyl (C=O) groups is 1. The van der Waals surface area contributed by atoms with Crippen molar-refractivity contribution in [2.75, 3.05) is 20.1 Å². The summed E-state index contributed by atoms with van der Waals surface area (Å²) in [5.74, 6) is 0.227. The van der Waals surface area contributed by atoms with Crippen LogP contribution in [-0.2, 0) is 7.05 Å². The van der Waals surface area contributed by atoms with Crippen LogP contribution in [0.4, 0.5) is 0 Å². The van der Waals surface area contributed by atoms with E-state index in [4.69, 9.17) is 4.74 Å². The van der Waals surface area contributed by atoms with E-state index in [2.05, 4.69) is 31.9 Å². The van der Waals surface area contributed by atoms with E-state index >= 15 is 0 Å². The molecule has 1 saturated heterocycles. The van der Waals surface area contributed by atoms with Gasteiger partial charge in [-0.25, -0.2) is 4.79 Å². The molecular formula is C18H24N2O3. The van der Waals surface area contributed by atoms with Crippen LogP contribution in [0.25, 0.3) is 10.9 Å². The van der Waals surface area contributed by atoms with Crippen molar-refractivity contribution >= 4 is 16.9 Å². The van der Waals surface area contributed by atoms with Crippen molar-refractivity contribution in [1.29, 1.82) is 0 Å². The molecule has 1 aliphatic heterocycles. The molecule has 0 amide bonds. The quantitative estimate of drug-likeness (QED) is 0.942. The summed E-state index contributed by atoms with van der Waals surface area (Å²) >= 11 is 0. The summed E-state index contributed by atoms with van der Waals surface area (Å²) in [6.45, 7) is 6.23. The SMILES string of the molecule is CC(C)c1cc(OC2CCN(C)C2)cc2cc(C(=O)O)n(C)c12. The Morgan fingerprint density at radius 3 is 2.61 bits per heavy atom. The third-order valence-corrected chi connectivity index (χ3v) is 4.62. The summed E-state index contributed by atoms with van der Waals surface area (Å²) in [4.78, 5) is 13.7. The second-order valence-corrected chi connectivity index (χ2v) is 6.79. The molecule has 3 rings (SSSR count). The molecular weight excluding hydrogens is 292 g/mol. The van der Waals surface area contributed by atoms with Gasteiger partial charge >= 0.3 is 5.97 Å². The molecule has 1 atom stereocenters. The topological polar surface area (TPSA) is 54.7 Å². The number of carboxylic acid groups (broad SMARTS) is 1. The van der Waals surface area contributed by atoms with Crippen LogP contribution in [0.15, 0.2) is 18.2 Å². The van der Waals surface area contributed by atoms with Crippen molar-refractivity contribution in [3.8, 4) is 5.75 Å². The fourth-order valence-corrected chi connectivity index (χ4v) is 3.41. The summed E-state index contributed by atoms with van der Waals surface area (Å²) in [7, 11) is 3.91. The summed E-state index contributed by atoms with van der Waals surface area (Å²) in [6, 6.07) is 5.76. The first-order valence-electron chi connectivity index (χ1n) is 8.08. The van der Waals surface area contributed by atoms with E-state index in [1.807, 2.05) is 13.1 Å². The fraction of sp³-hybridized carbons (Fsp3) is 0.500. The molecule has 1 aromatic heterocycles. The molecule has 0 saturated carbocycles. The van der Waals surface area contributed by atoms with Crippen molar-refractivity contribution in [2.24, 2.45) is 7.05 Å². The Morgan fingerprint density at radius 2 is 2.04 bits per heavy atom. The molecule has 0 radical (unpaired) electrons. The zero-order valence-corrected chi connectivity index (χ0v) is 14.2. The van der Waals surface area contributed by atoms with Crippen molar-refractivity contribution < 1.29 is 14.6 Å². The highest BCUT2D eigenvalue weighted by molar-refractivity contribution is 5.96. The lowest BCUT2D eigenvalue weighted by Gasteiger charge is -2.17. The van der Waals surface area contributed by atoms with Gasteiger partial charge in [-0.15, -0.1) is 0 Å². The molecule has 1 fully saturated rings. The Hall–Kier alpha value is -2.01. The van der Waals surface area contributed by atoms with Gasteiger partial charge in [-0.05, 0) is 43.1 Å². The van der Waals surface area contributed by atoms with Crippen LogP contribution in [-0.4, -0.2) is 46.8 Å². The minimum atomic E-state index is -0.904. The number of aryl methyl sites for hydroxylation is 1. The highest BCUT2D eigenvalue weighted by Gasteiger charge is 2.23. The zero-order chi connectivity index (χ0) is 16.7. The number of hydrogen-bond donors (Lipinski definition) is 1. The average molecular weight is 316 g/mol. The number of benzene rings is 1. The summed E-state index contributed by atoms with van der Waals surface area (Å²) in [5.41, 5.74) is 2.41. The molecule has 2 heterocycles. The first-order valence-corrected chi connectivity index (χ1v) is 8.08. The van der Waals surface area contributed by atoms with Gasteiger partial charge in [-0.2, -0.15) is 0 Å². The van der Waals surface area contributed by atoms with Crippen molar-refractivity contribution in [3.63, 3.8) is 0 Å². The van der Waals surface area contributed by atoms with Crippen molar-refractivity contribution in [3.05, 3.63) is 29.5 Å². The normalized spacial score (nSPS) is 18.9. The van der Waals surface area contributed by atoms with E-state index in [0.29, 0.717) is 11.6 Å². The smallest absolute Gasteiger partial charge is 0.352 e. The lowest BCUT2D eigenvalue weighted by atomic mass is 10.00. The van der Waals surface area contributed by atoms with Crippen LogP contribution in [0.1, 0.15) is 42.2 Å². The van der Waals surface area contributed by atoms with E-state index in [0.717, 1.165) is 41.7 Å². The van der Waals surface area contributed by atoms with Gasteiger partial charge in [0.1, 0.15) is 17.5 Å². The largest absolute Gasteiger partial charge is 0.489 e. The first-order chi connectivity index (χ1) is 10.9. The molecule has 124 valence electrons. The number of nitrogens with zero attached hydrogens (tertiary/aromatic N) is 2. The maximum atomic E-state index is 11.4. The standard InChI is InChI=1S/C18H24N2O3/c1-11(2)15-9-14(23-13-5-6-19(3)10-13)7-12-8-16(18(21)22)20(4)17(12)15/h7-9,11,13H,5-6,10H2,1-4H3,(H,21,22). The number of rotatable bonds is 4. The van der Waals surface area contributed by atoms with Crippen LogP contribution in [0.3, 0.4) is 0 Å². The number of carboxylic acids is 1. The second-order valence-electron chi connectivity index (χ2n) is 6.79. The Balaban J connectivity index is 2.05. The minimum Gasteiger partial charge on any atom is -0.489 e. The molecule has 1 unspecified atom stereocenters. The number of aromatic nitrogens is 1. The first kappa shape index (κ1) is 15.9. The Bertz CT molecular complexity index is 748. The van der Waals surface area contributed by atoms with E-state index in [-0.39, 0.29) is 6.10 Å². The maximum absolute atomic E-state index is 11.4. The number of aromatic carboxylic acids is 1. The number of likely N-dealkylation sites (N-methyl/N-ethyl adjacent to an activating group) is 1. The van der Waals surface area contributed by atoms with Gasteiger partial charge in [0.15, 0.2) is 0 Å². The van der Waals surface area contributed by atoms with Gasteiger partial charge < -0.3 is 19.3 Å². The minimum absolute atomic E-state index is 0.208. The predicted octanol–water partition coefficient (Wildman–Crippen LogP) is 3.08. The third kappa shape index (κ3) is 2.93. The highest BCUT2D eigenvalue weighted by Crippen LogP contribution is 2.33. The summed E-state index contributed by atoms with van der Waals surface area (Å²) in [5, 5.41) is 10.3. The van der Waals surface area contributed by atoms with Gasteiger partial charge in [0, 0.05) is 25.5 Å². The third-order valence-electron chi connectivity index (χ3n) is 4.62. The molecule has 23 heavy (non-hydrogen) atoms. The van der Waals surface area contributed by atoms with Gasteiger partial charge in [-0.3, -0.25) is 0 Å². The molecule has 0 spiro atoms. The number of fused-ring (bicyclic) bond motifs is 1. The Labute approximate surface area is 136 Å². The van der Waals surface area contributed by atoms with Gasteiger partial charge in [-0.1, -0.05) is 13.8 Å². The van der Waals surface area contributed by atoms with E-state index < -0.39 is 5.97 Å². The lowest BCUT2D eigenvalue weighted by Crippen LogP contribution is -2.21. The van der Waals surface area contributed by atoms with Crippen LogP contribution in [0.5, 0.6) is 5.75 Å². The summed E-state index contributed by atoms with van der Waals surface area (Å²) < 4.78 is 7.92. The number of hydrogen-bond acceptors (Lipinski definition) is 3. The molecule has 1 aromatic carbocycles.